The Hall–Kier alpha value is -6.01. The summed E-state index contributed by atoms with van der Waals surface area (Å²) in [6, 6.07) is -12.4. The fraction of sp³-hybridized carbons (Fsp3) is 0.806. The van der Waals surface area contributed by atoms with Gasteiger partial charge in [0.05, 0.1) is 25.4 Å². The minimum absolute atomic E-state index is 0.0150. The Morgan fingerprint density at radius 1 is 0.505 bits per heavy atom. The number of nitrogens with one attached hydrogen (secondary N) is 3. The van der Waals surface area contributed by atoms with E-state index in [0.717, 1.165) is 4.90 Å². The van der Waals surface area contributed by atoms with Gasteiger partial charge in [-0.2, -0.15) is 0 Å². The smallest absolute Gasteiger partial charge is 0.246 e. The molecule has 2 saturated heterocycles. The highest BCUT2D eigenvalue weighted by Crippen LogP contribution is 2.28. The summed E-state index contributed by atoms with van der Waals surface area (Å²) in [7, 11) is 10.1. The van der Waals surface area contributed by atoms with Crippen molar-refractivity contribution in [3.63, 3.8) is 0 Å². The van der Waals surface area contributed by atoms with Crippen molar-refractivity contribution in [3.8, 4) is 0 Å². The molecule has 4 N–H and O–H groups in total. The molecule has 2 heterocycles. The highest BCUT2D eigenvalue weighted by atomic mass is 16.5. The molecule has 0 spiro atoms. The standard InChI is InChI=1S/C67H119N11O13/c1-25-27-28-43(13)57(80)56-60(83)70-49(26-2)64(87)71(18)47(17)62(85)76(23)55(44(14)37-78-29-31-91-32-30-78)53(79)36-48(41(9)10)63(86)72(19)50(33-38(3)4)59(82)68-45(15)58(81)69-46(16)61(84)73(20)51(34-39(5)6)65(88)74(21)52(35-40(7)8)66(89)75(22)54(42(11)12)67(90)77(56)24/h25,27,38-52,54-57,80H,26,28-37H2,1-24H3,(H,68,82)(H,69,81)(H,70,83)/b27-25+/t43-,44+,45+,46-,47-,48+,49+,50+,51+,52+,54+,55+,56+,57-/m1/s1. The Bertz CT molecular complexity index is 2500. The van der Waals surface area contributed by atoms with E-state index < -0.39 is 161 Å². The number of ether oxygens (including phenoxy) is 1. The molecule has 24 heteroatoms. The van der Waals surface area contributed by atoms with Crippen LogP contribution in [0, 0.1) is 47.3 Å². The highest BCUT2D eigenvalue weighted by molar-refractivity contribution is 6.00. The lowest BCUT2D eigenvalue weighted by atomic mass is 9.84. The van der Waals surface area contributed by atoms with Gasteiger partial charge >= 0.3 is 0 Å². The summed E-state index contributed by atoms with van der Waals surface area (Å²) >= 11 is 0. The molecule has 0 saturated carbocycles. The summed E-state index contributed by atoms with van der Waals surface area (Å²) in [5, 5.41) is 20.5. The predicted molar refractivity (Wildman–Crippen MR) is 351 cm³/mol. The molecule has 0 aromatic rings. The first-order valence-electron chi connectivity index (χ1n) is 33.1. The number of aliphatic hydroxyl groups is 1. The molecular weight excluding hydrogens is 1170 g/mol. The molecular formula is C67H119N11O13. The number of hydrogen-bond acceptors (Lipinski definition) is 14. The van der Waals surface area contributed by atoms with E-state index in [4.69, 9.17) is 4.74 Å². The van der Waals surface area contributed by atoms with Crippen LogP contribution in [0.25, 0.3) is 0 Å². The minimum Gasteiger partial charge on any atom is -0.390 e. The maximum atomic E-state index is 15.3. The molecule has 0 aromatic carbocycles. The molecule has 2 fully saturated rings. The zero-order valence-corrected chi connectivity index (χ0v) is 59.8. The largest absolute Gasteiger partial charge is 0.390 e. The Morgan fingerprint density at radius 2 is 0.967 bits per heavy atom. The molecule has 2 rings (SSSR count). The molecule has 0 unspecified atom stereocenters. The zero-order valence-electron chi connectivity index (χ0n) is 59.8. The summed E-state index contributed by atoms with van der Waals surface area (Å²) < 4.78 is 5.61. The van der Waals surface area contributed by atoms with E-state index in [2.05, 4.69) is 20.9 Å². The first-order chi connectivity index (χ1) is 42.2. The summed E-state index contributed by atoms with van der Waals surface area (Å²) in [6.07, 6.45) is 2.57. The van der Waals surface area contributed by atoms with Gasteiger partial charge < -0.3 is 60.1 Å². The van der Waals surface area contributed by atoms with Crippen LogP contribution >= 0.6 is 0 Å². The first kappa shape index (κ1) is 81.1. The molecule has 10 amide bonds. The van der Waals surface area contributed by atoms with Crippen molar-refractivity contribution >= 4 is 64.9 Å². The summed E-state index contributed by atoms with van der Waals surface area (Å²) in [6.45, 7) is 32.3. The average Bonchev–Trinajstić information content (AvgIpc) is 2.18. The van der Waals surface area contributed by atoms with Crippen molar-refractivity contribution in [2.24, 2.45) is 47.3 Å². The van der Waals surface area contributed by atoms with Gasteiger partial charge in [-0.15, -0.1) is 0 Å². The Labute approximate surface area is 545 Å². The van der Waals surface area contributed by atoms with Crippen LogP contribution in [-0.2, 0) is 57.5 Å². The van der Waals surface area contributed by atoms with E-state index in [-0.39, 0.29) is 49.9 Å². The summed E-state index contributed by atoms with van der Waals surface area (Å²) in [5.74, 6) is -10.6. The van der Waals surface area contributed by atoms with E-state index in [9.17, 15) is 33.9 Å². The third-order valence-corrected chi connectivity index (χ3v) is 18.4. The number of amides is 10. The van der Waals surface area contributed by atoms with Crippen LogP contribution in [0.4, 0.5) is 0 Å². The third-order valence-electron chi connectivity index (χ3n) is 18.4. The molecule has 24 nitrogen and oxygen atoms in total. The van der Waals surface area contributed by atoms with E-state index in [1.165, 1.54) is 99.5 Å². The maximum absolute atomic E-state index is 15.3. The second-order valence-electron chi connectivity index (χ2n) is 27.9. The van der Waals surface area contributed by atoms with Gasteiger partial charge in [-0.25, -0.2) is 0 Å². The van der Waals surface area contributed by atoms with Crippen LogP contribution in [0.5, 0.6) is 0 Å². The fourth-order valence-electron chi connectivity index (χ4n) is 12.4. The molecule has 0 bridgehead atoms. The highest BCUT2D eigenvalue weighted by Gasteiger charge is 2.46. The average molecular weight is 1290 g/mol. The topological polar surface area (TPSA) is 279 Å². The molecule has 520 valence electrons. The Morgan fingerprint density at radius 3 is 1.45 bits per heavy atom. The van der Waals surface area contributed by atoms with Crippen LogP contribution < -0.4 is 16.0 Å². The second-order valence-corrected chi connectivity index (χ2v) is 27.9. The van der Waals surface area contributed by atoms with Gasteiger partial charge in [-0.05, 0) is 101 Å². The van der Waals surface area contributed by atoms with E-state index in [1.807, 2.05) is 61.5 Å². The number of carbonyl (C=O) groups excluding carboxylic acids is 11. The molecule has 0 aromatic heterocycles. The second kappa shape index (κ2) is 37.0. The predicted octanol–water partition coefficient (Wildman–Crippen LogP) is 3.67. The van der Waals surface area contributed by atoms with Crippen molar-refractivity contribution < 1.29 is 62.6 Å². The van der Waals surface area contributed by atoms with Crippen LogP contribution in [0.1, 0.15) is 156 Å². The summed E-state index contributed by atoms with van der Waals surface area (Å²) in [5.41, 5.74) is 0. The van der Waals surface area contributed by atoms with Crippen LogP contribution in [-0.4, -0.2) is 258 Å². The van der Waals surface area contributed by atoms with Gasteiger partial charge in [0.1, 0.15) is 54.4 Å². The van der Waals surface area contributed by atoms with Crippen LogP contribution in [0.2, 0.25) is 0 Å². The van der Waals surface area contributed by atoms with Crippen molar-refractivity contribution in [1.29, 1.82) is 0 Å². The fourth-order valence-corrected chi connectivity index (χ4v) is 12.4. The van der Waals surface area contributed by atoms with Gasteiger partial charge in [0.15, 0.2) is 5.78 Å². The van der Waals surface area contributed by atoms with Crippen molar-refractivity contribution in [2.45, 2.75) is 223 Å². The molecule has 2 aliphatic rings. The first-order valence-corrected chi connectivity index (χ1v) is 33.1. The van der Waals surface area contributed by atoms with Gasteiger partial charge in [0.2, 0.25) is 59.1 Å². The number of allylic oxidation sites excluding steroid dienone is 2. The van der Waals surface area contributed by atoms with Crippen molar-refractivity contribution in [3.05, 3.63) is 12.2 Å². The Balaban J connectivity index is 3.04. The number of Topliss-reactive ketones (excluding diaryl/α,β-unsaturated/α-hetero) is 1. The minimum atomic E-state index is -1.62. The lowest BCUT2D eigenvalue weighted by Crippen LogP contribution is -2.64. The number of nitrogens with zero attached hydrogens (tertiary/aromatic N) is 8. The number of carbonyl (C=O) groups is 11. The Kier molecular flexibility index (Phi) is 33.0. The molecule has 0 radical (unpaired) electrons. The molecule has 91 heavy (non-hydrogen) atoms. The van der Waals surface area contributed by atoms with Crippen LogP contribution in [0.15, 0.2) is 12.2 Å². The number of ketones is 1. The number of morpholine rings is 1. The number of aliphatic hydroxyl groups excluding tert-OH is 1. The van der Waals surface area contributed by atoms with E-state index >= 15 is 24.0 Å². The van der Waals surface area contributed by atoms with E-state index in [1.54, 1.807) is 47.6 Å². The lowest BCUT2D eigenvalue weighted by Gasteiger charge is -2.41. The number of likely N-dealkylation sites (N-methyl/N-ethyl adjacent to an activating group) is 7. The van der Waals surface area contributed by atoms with Crippen LogP contribution in [0.3, 0.4) is 0 Å². The maximum Gasteiger partial charge on any atom is 0.246 e. The van der Waals surface area contributed by atoms with Crippen molar-refractivity contribution in [2.75, 3.05) is 82.2 Å². The zero-order chi connectivity index (χ0) is 70.0. The molecule has 0 aliphatic carbocycles. The van der Waals surface area contributed by atoms with Gasteiger partial charge in [-0.1, -0.05) is 102 Å². The SMILES string of the molecule is C/C=C/C[C@@H](C)[C@@H](O)[C@H]1C(=O)N[C@@H](CC)C(=O)N(C)[C@H](C)C(=O)N(C)[C@@H]([C@@H](C)CN2CCOCC2)C(=O)C[C@@H](C(C)C)C(=O)N(C)[C@@H](CC(C)C)C(=O)N[C@@H](C)C(=O)N[C@H](C)C(=O)N(C)[C@@H](CC(C)C)C(=O)N(C)[C@@H](CC(C)C)C(=O)N(C)[C@@H](C(C)C)C(=O)N1C. The third kappa shape index (κ3) is 22.1. The monoisotopic (exact) mass is 1290 g/mol. The van der Waals surface area contributed by atoms with Crippen molar-refractivity contribution in [1.82, 2.24) is 55.1 Å². The van der Waals surface area contributed by atoms with Gasteiger partial charge in [0, 0.05) is 81.3 Å². The molecule has 2 aliphatic heterocycles. The number of hydrogen-bond donors (Lipinski definition) is 4. The summed E-state index contributed by atoms with van der Waals surface area (Å²) in [4.78, 5) is 174. The lowest BCUT2D eigenvalue weighted by molar-refractivity contribution is -0.157. The number of rotatable bonds is 16. The quantitative estimate of drug-likeness (QED) is 0.161. The normalized spacial score (nSPS) is 28.4. The molecule has 14 atom stereocenters. The van der Waals surface area contributed by atoms with Gasteiger partial charge in [-0.3, -0.25) is 57.6 Å². The van der Waals surface area contributed by atoms with E-state index in [0.29, 0.717) is 39.3 Å². The van der Waals surface area contributed by atoms with Gasteiger partial charge in [0.25, 0.3) is 0 Å².